The molecule has 0 spiro atoms. The van der Waals surface area contributed by atoms with Gasteiger partial charge >= 0.3 is 5.97 Å². The molecule has 2 aromatic rings. The van der Waals surface area contributed by atoms with Crippen LogP contribution in [-0.4, -0.2) is 11.1 Å². The summed E-state index contributed by atoms with van der Waals surface area (Å²) in [6.45, 7) is 2.09. The maximum atomic E-state index is 13.7. The van der Waals surface area contributed by atoms with Gasteiger partial charge in [-0.05, 0) is 36.2 Å². The minimum atomic E-state index is -1.22. The highest BCUT2D eigenvalue weighted by Gasteiger charge is 2.16. The minimum absolute atomic E-state index is 0.192. The number of hydrogen-bond donors (Lipinski definition) is 1. The van der Waals surface area contributed by atoms with Gasteiger partial charge in [0.15, 0.2) is 11.6 Å². The van der Waals surface area contributed by atoms with Crippen LogP contribution in [0.4, 0.5) is 4.39 Å². The number of rotatable bonds is 5. The highest BCUT2D eigenvalue weighted by Crippen LogP contribution is 2.28. The van der Waals surface area contributed by atoms with Crippen molar-refractivity contribution in [1.82, 2.24) is 0 Å². The fourth-order valence-electron chi connectivity index (χ4n) is 1.91. The smallest absolute Gasteiger partial charge is 0.339 e. The third-order valence-electron chi connectivity index (χ3n) is 2.88. The van der Waals surface area contributed by atoms with Crippen molar-refractivity contribution in [3.8, 4) is 11.5 Å². The van der Waals surface area contributed by atoms with E-state index in [0.717, 1.165) is 18.4 Å². The average molecular weight is 274 g/mol. The molecule has 0 bridgehead atoms. The van der Waals surface area contributed by atoms with Crippen LogP contribution in [-0.2, 0) is 6.42 Å². The van der Waals surface area contributed by atoms with Crippen LogP contribution in [0.2, 0.25) is 0 Å². The summed E-state index contributed by atoms with van der Waals surface area (Å²) in [7, 11) is 0. The first kappa shape index (κ1) is 14.1. The number of ether oxygens (including phenoxy) is 1. The molecular weight excluding hydrogens is 259 g/mol. The van der Waals surface area contributed by atoms with Gasteiger partial charge < -0.3 is 9.84 Å². The second kappa shape index (κ2) is 6.19. The third kappa shape index (κ3) is 3.15. The lowest BCUT2D eigenvalue weighted by Gasteiger charge is -2.10. The van der Waals surface area contributed by atoms with E-state index in [9.17, 15) is 9.18 Å². The molecule has 0 amide bonds. The van der Waals surface area contributed by atoms with E-state index in [-0.39, 0.29) is 11.3 Å². The van der Waals surface area contributed by atoms with E-state index in [4.69, 9.17) is 9.84 Å². The number of carbonyl (C=O) groups is 1. The summed E-state index contributed by atoms with van der Waals surface area (Å²) < 4.78 is 19.1. The molecule has 104 valence electrons. The Hall–Kier alpha value is -2.36. The second-order valence-electron chi connectivity index (χ2n) is 4.42. The Morgan fingerprint density at radius 3 is 2.50 bits per heavy atom. The predicted molar refractivity (Wildman–Crippen MR) is 73.9 cm³/mol. The van der Waals surface area contributed by atoms with Crippen molar-refractivity contribution in [2.75, 3.05) is 0 Å². The van der Waals surface area contributed by atoms with E-state index in [1.54, 1.807) is 12.1 Å². The van der Waals surface area contributed by atoms with Crippen molar-refractivity contribution < 1.29 is 19.0 Å². The van der Waals surface area contributed by atoms with Gasteiger partial charge in [-0.25, -0.2) is 9.18 Å². The van der Waals surface area contributed by atoms with Crippen LogP contribution in [0.5, 0.6) is 11.5 Å². The topological polar surface area (TPSA) is 46.5 Å². The van der Waals surface area contributed by atoms with Crippen LogP contribution in [0, 0.1) is 5.82 Å². The molecule has 0 saturated carbocycles. The number of carboxylic acids is 1. The summed E-state index contributed by atoms with van der Waals surface area (Å²) >= 11 is 0. The molecule has 20 heavy (non-hydrogen) atoms. The Labute approximate surface area is 116 Å². The van der Waals surface area contributed by atoms with Gasteiger partial charge in [0.1, 0.15) is 11.3 Å². The maximum Gasteiger partial charge on any atom is 0.339 e. The first-order valence-electron chi connectivity index (χ1n) is 6.40. The number of benzene rings is 2. The standard InChI is InChI=1S/C16H15FO3/c1-2-4-11-7-9-12(10-8-11)20-15-13(16(18)19)5-3-6-14(15)17/h3,5-10H,2,4H2,1H3,(H,18,19). The fraction of sp³-hybridized carbons (Fsp3) is 0.188. The molecule has 0 unspecified atom stereocenters. The molecule has 0 heterocycles. The number of aryl methyl sites for hydroxylation is 1. The Kier molecular flexibility index (Phi) is 4.35. The molecule has 0 radical (unpaired) electrons. The lowest BCUT2D eigenvalue weighted by Crippen LogP contribution is -2.02. The fourth-order valence-corrected chi connectivity index (χ4v) is 1.91. The van der Waals surface area contributed by atoms with Crippen LogP contribution in [0.15, 0.2) is 42.5 Å². The van der Waals surface area contributed by atoms with Gasteiger partial charge in [0.2, 0.25) is 0 Å². The quantitative estimate of drug-likeness (QED) is 0.885. The van der Waals surface area contributed by atoms with E-state index in [1.807, 2.05) is 12.1 Å². The normalized spacial score (nSPS) is 10.3. The lowest BCUT2D eigenvalue weighted by molar-refractivity contribution is 0.0693. The summed E-state index contributed by atoms with van der Waals surface area (Å²) in [5.74, 6) is -1.76. The summed E-state index contributed by atoms with van der Waals surface area (Å²) in [4.78, 5) is 11.1. The van der Waals surface area contributed by atoms with Crippen LogP contribution in [0.1, 0.15) is 29.3 Å². The van der Waals surface area contributed by atoms with Gasteiger partial charge in [0.25, 0.3) is 0 Å². The number of carboxylic acid groups (broad SMARTS) is 1. The molecule has 0 aromatic heterocycles. The molecule has 0 aliphatic rings. The Morgan fingerprint density at radius 2 is 1.90 bits per heavy atom. The molecule has 0 aliphatic heterocycles. The molecule has 0 fully saturated rings. The van der Waals surface area contributed by atoms with Crippen LogP contribution in [0.25, 0.3) is 0 Å². The highest BCUT2D eigenvalue weighted by molar-refractivity contribution is 5.91. The van der Waals surface area contributed by atoms with Gasteiger partial charge in [-0.1, -0.05) is 31.5 Å². The highest BCUT2D eigenvalue weighted by atomic mass is 19.1. The number of aromatic carboxylic acids is 1. The number of hydrogen-bond acceptors (Lipinski definition) is 2. The molecule has 2 rings (SSSR count). The van der Waals surface area contributed by atoms with Crippen molar-refractivity contribution in [3.63, 3.8) is 0 Å². The van der Waals surface area contributed by atoms with Gasteiger partial charge in [0.05, 0.1) is 0 Å². The van der Waals surface area contributed by atoms with Crippen molar-refractivity contribution in [1.29, 1.82) is 0 Å². The molecule has 4 heteroatoms. The lowest BCUT2D eigenvalue weighted by atomic mass is 10.1. The first-order valence-corrected chi connectivity index (χ1v) is 6.40. The molecule has 0 saturated heterocycles. The van der Waals surface area contributed by atoms with E-state index < -0.39 is 11.8 Å². The molecule has 1 N–H and O–H groups in total. The molecule has 2 aromatic carbocycles. The van der Waals surface area contributed by atoms with E-state index >= 15 is 0 Å². The van der Waals surface area contributed by atoms with Crippen LogP contribution >= 0.6 is 0 Å². The van der Waals surface area contributed by atoms with Gasteiger partial charge in [0, 0.05) is 0 Å². The van der Waals surface area contributed by atoms with Gasteiger partial charge in [-0.15, -0.1) is 0 Å². The van der Waals surface area contributed by atoms with Gasteiger partial charge in [-0.2, -0.15) is 0 Å². The van der Waals surface area contributed by atoms with Crippen LogP contribution in [0.3, 0.4) is 0 Å². The largest absolute Gasteiger partial charge is 0.478 e. The summed E-state index contributed by atoms with van der Waals surface area (Å²) in [6, 6.07) is 11.0. The third-order valence-corrected chi connectivity index (χ3v) is 2.88. The molecular formula is C16H15FO3. The van der Waals surface area contributed by atoms with Crippen LogP contribution < -0.4 is 4.74 Å². The van der Waals surface area contributed by atoms with Crippen molar-refractivity contribution in [2.24, 2.45) is 0 Å². The first-order chi connectivity index (χ1) is 9.61. The minimum Gasteiger partial charge on any atom is -0.478 e. The summed E-state index contributed by atoms with van der Waals surface area (Å²) in [5.41, 5.74) is 0.967. The Bertz CT molecular complexity index is 606. The SMILES string of the molecule is CCCc1ccc(Oc2c(F)cccc2C(=O)O)cc1. The zero-order chi connectivity index (χ0) is 14.5. The Morgan fingerprint density at radius 1 is 1.20 bits per heavy atom. The van der Waals surface area contributed by atoms with E-state index in [0.29, 0.717) is 5.75 Å². The zero-order valence-electron chi connectivity index (χ0n) is 11.1. The molecule has 0 atom stereocenters. The zero-order valence-corrected chi connectivity index (χ0v) is 11.1. The maximum absolute atomic E-state index is 13.7. The average Bonchev–Trinajstić information content (AvgIpc) is 2.43. The number of halogens is 1. The van der Waals surface area contributed by atoms with Gasteiger partial charge in [-0.3, -0.25) is 0 Å². The van der Waals surface area contributed by atoms with Crippen molar-refractivity contribution in [2.45, 2.75) is 19.8 Å². The summed E-state index contributed by atoms with van der Waals surface area (Å²) in [5, 5.41) is 9.04. The Balaban J connectivity index is 2.27. The number of para-hydroxylation sites is 1. The summed E-state index contributed by atoms with van der Waals surface area (Å²) in [6.07, 6.45) is 2.00. The van der Waals surface area contributed by atoms with E-state index in [2.05, 4.69) is 6.92 Å². The monoisotopic (exact) mass is 274 g/mol. The predicted octanol–water partition coefficient (Wildman–Crippen LogP) is 4.27. The molecule has 0 aliphatic carbocycles. The van der Waals surface area contributed by atoms with Crippen molar-refractivity contribution >= 4 is 5.97 Å². The van der Waals surface area contributed by atoms with E-state index in [1.165, 1.54) is 18.2 Å². The second-order valence-corrected chi connectivity index (χ2v) is 4.42. The van der Waals surface area contributed by atoms with Crippen molar-refractivity contribution in [3.05, 3.63) is 59.4 Å². The molecule has 3 nitrogen and oxygen atoms in total.